The molecule has 1 aromatic carbocycles. The molecule has 6 nitrogen and oxygen atoms in total. The van der Waals surface area contributed by atoms with Gasteiger partial charge in [0.15, 0.2) is 0 Å². The maximum Gasteiger partial charge on any atom is 0.236 e. The molecule has 0 aliphatic carbocycles. The Morgan fingerprint density at radius 1 is 1.08 bits per heavy atom. The van der Waals surface area contributed by atoms with Crippen LogP contribution in [-0.4, -0.2) is 66.5 Å². The number of likely N-dealkylation sites (tertiary alicyclic amines) is 1. The van der Waals surface area contributed by atoms with Crippen LogP contribution in [0.1, 0.15) is 18.5 Å². The number of amides is 1. The van der Waals surface area contributed by atoms with Crippen molar-refractivity contribution < 1.29 is 4.79 Å². The summed E-state index contributed by atoms with van der Waals surface area (Å²) in [5, 5.41) is 10.3. The number of aromatic nitrogens is 1. The minimum Gasteiger partial charge on any atom is -0.367 e. The molecule has 1 amide bonds. The average Bonchev–Trinajstić information content (AvgIpc) is 3.20. The van der Waals surface area contributed by atoms with E-state index in [1.807, 2.05) is 35.2 Å². The van der Waals surface area contributed by atoms with Crippen molar-refractivity contribution in [2.75, 3.05) is 50.7 Å². The smallest absolute Gasteiger partial charge is 0.236 e. The Morgan fingerprint density at radius 3 is 2.54 bits per heavy atom. The average molecular weight is 349 g/mol. The second kappa shape index (κ2) is 7.30. The number of fused-ring (bicyclic) bond motifs is 1. The Labute approximate surface area is 153 Å². The van der Waals surface area contributed by atoms with E-state index in [1.165, 1.54) is 12.8 Å². The molecule has 2 aliphatic heterocycles. The summed E-state index contributed by atoms with van der Waals surface area (Å²) in [5.74, 6) is 0.240. The van der Waals surface area contributed by atoms with Crippen molar-refractivity contribution >= 4 is 22.5 Å². The van der Waals surface area contributed by atoms with Gasteiger partial charge in [0.25, 0.3) is 0 Å². The topological polar surface area (TPSA) is 63.5 Å². The van der Waals surface area contributed by atoms with Crippen LogP contribution in [0.2, 0.25) is 0 Å². The molecule has 26 heavy (non-hydrogen) atoms. The normalized spacial score (nSPS) is 18.3. The monoisotopic (exact) mass is 349 g/mol. The summed E-state index contributed by atoms with van der Waals surface area (Å²) in [4.78, 5) is 23.4. The zero-order valence-corrected chi connectivity index (χ0v) is 14.9. The lowest BCUT2D eigenvalue weighted by atomic mass is 10.1. The number of piperazine rings is 1. The van der Waals surface area contributed by atoms with E-state index in [0.29, 0.717) is 12.2 Å². The third kappa shape index (κ3) is 3.35. The molecule has 0 N–H and O–H groups in total. The maximum atomic E-state index is 12.5. The molecule has 0 bridgehead atoms. The largest absolute Gasteiger partial charge is 0.367 e. The van der Waals surface area contributed by atoms with Gasteiger partial charge in [0.2, 0.25) is 5.91 Å². The van der Waals surface area contributed by atoms with Gasteiger partial charge >= 0.3 is 0 Å². The molecule has 6 heteroatoms. The lowest BCUT2D eigenvalue weighted by molar-refractivity contribution is -0.132. The Hall–Kier alpha value is -2.65. The van der Waals surface area contributed by atoms with Crippen molar-refractivity contribution in [3.63, 3.8) is 0 Å². The Kier molecular flexibility index (Phi) is 4.72. The number of carbonyl (C=O) groups excluding carboxylic acids is 1. The Balaban J connectivity index is 1.47. The van der Waals surface area contributed by atoms with Crippen LogP contribution in [0, 0.1) is 11.3 Å². The summed E-state index contributed by atoms with van der Waals surface area (Å²) in [6, 6.07) is 11.9. The van der Waals surface area contributed by atoms with Gasteiger partial charge in [0, 0.05) is 37.3 Å². The van der Waals surface area contributed by atoms with Gasteiger partial charge in [-0.15, -0.1) is 0 Å². The fourth-order valence-electron chi connectivity index (χ4n) is 3.90. The van der Waals surface area contributed by atoms with E-state index >= 15 is 0 Å². The van der Waals surface area contributed by atoms with Gasteiger partial charge in [-0.3, -0.25) is 9.69 Å². The quantitative estimate of drug-likeness (QED) is 0.846. The standard InChI is InChI=1S/C20H23N5O/c21-14-16-13-19(17-5-1-2-6-18(17)22-16)24-9-11-25(12-10-24)20(26)15-23-7-3-4-8-23/h1-2,5-6,13H,3-4,7-12,15H2. The molecule has 0 unspecified atom stereocenters. The summed E-state index contributed by atoms with van der Waals surface area (Å²) >= 11 is 0. The first-order valence-corrected chi connectivity index (χ1v) is 9.29. The molecule has 134 valence electrons. The van der Waals surface area contributed by atoms with Gasteiger partial charge in [-0.25, -0.2) is 4.98 Å². The highest BCUT2D eigenvalue weighted by Gasteiger charge is 2.25. The van der Waals surface area contributed by atoms with Gasteiger partial charge in [-0.2, -0.15) is 5.26 Å². The number of carbonyl (C=O) groups is 1. The summed E-state index contributed by atoms with van der Waals surface area (Å²) in [6.45, 7) is 5.67. The molecule has 2 fully saturated rings. The van der Waals surface area contributed by atoms with Crippen LogP contribution in [0.5, 0.6) is 0 Å². The van der Waals surface area contributed by atoms with E-state index in [2.05, 4.69) is 20.9 Å². The summed E-state index contributed by atoms with van der Waals surface area (Å²) in [6.07, 6.45) is 2.41. The van der Waals surface area contributed by atoms with E-state index in [4.69, 9.17) is 0 Å². The minimum atomic E-state index is 0.240. The molecule has 1 aromatic heterocycles. The third-order valence-corrected chi connectivity index (χ3v) is 5.34. The first-order valence-electron chi connectivity index (χ1n) is 9.29. The highest BCUT2D eigenvalue weighted by Crippen LogP contribution is 2.27. The van der Waals surface area contributed by atoms with Gasteiger partial charge in [-0.05, 0) is 38.1 Å². The summed E-state index contributed by atoms with van der Waals surface area (Å²) in [7, 11) is 0. The summed E-state index contributed by atoms with van der Waals surface area (Å²) in [5.41, 5.74) is 2.32. The Bertz CT molecular complexity index is 845. The van der Waals surface area contributed by atoms with Crippen molar-refractivity contribution in [2.45, 2.75) is 12.8 Å². The zero-order valence-electron chi connectivity index (χ0n) is 14.9. The van der Waals surface area contributed by atoms with Crippen LogP contribution in [-0.2, 0) is 4.79 Å². The number of pyridine rings is 1. The third-order valence-electron chi connectivity index (χ3n) is 5.34. The van der Waals surface area contributed by atoms with Crippen LogP contribution in [0.3, 0.4) is 0 Å². The molecule has 4 rings (SSSR count). The molecule has 3 heterocycles. The van der Waals surface area contributed by atoms with E-state index in [1.54, 1.807) is 0 Å². The van der Waals surface area contributed by atoms with Crippen molar-refractivity contribution in [3.05, 3.63) is 36.0 Å². The molecular weight excluding hydrogens is 326 g/mol. The number of nitrogens with zero attached hydrogens (tertiary/aromatic N) is 5. The number of hydrogen-bond donors (Lipinski definition) is 0. The van der Waals surface area contributed by atoms with Crippen molar-refractivity contribution in [1.82, 2.24) is 14.8 Å². The molecule has 2 aliphatic rings. The van der Waals surface area contributed by atoms with E-state index < -0.39 is 0 Å². The molecule has 0 saturated carbocycles. The van der Waals surface area contributed by atoms with Crippen LogP contribution < -0.4 is 4.90 Å². The number of para-hydroxylation sites is 1. The highest BCUT2D eigenvalue weighted by atomic mass is 16.2. The molecule has 0 radical (unpaired) electrons. The van der Waals surface area contributed by atoms with E-state index in [0.717, 1.165) is 55.9 Å². The van der Waals surface area contributed by atoms with E-state index in [9.17, 15) is 10.1 Å². The maximum absolute atomic E-state index is 12.5. The van der Waals surface area contributed by atoms with Crippen LogP contribution in [0.15, 0.2) is 30.3 Å². The van der Waals surface area contributed by atoms with E-state index in [-0.39, 0.29) is 5.91 Å². The van der Waals surface area contributed by atoms with Crippen molar-refractivity contribution in [2.24, 2.45) is 0 Å². The first-order chi connectivity index (χ1) is 12.7. The number of rotatable bonds is 3. The summed E-state index contributed by atoms with van der Waals surface area (Å²) < 4.78 is 0. The minimum absolute atomic E-state index is 0.240. The predicted octanol–water partition coefficient (Wildman–Crippen LogP) is 1.85. The number of hydrogen-bond acceptors (Lipinski definition) is 5. The fraction of sp³-hybridized carbons (Fsp3) is 0.450. The van der Waals surface area contributed by atoms with Crippen LogP contribution >= 0.6 is 0 Å². The zero-order chi connectivity index (χ0) is 17.9. The number of nitriles is 1. The van der Waals surface area contributed by atoms with Crippen molar-refractivity contribution in [1.29, 1.82) is 5.26 Å². The Morgan fingerprint density at radius 2 is 1.81 bits per heavy atom. The number of anilines is 1. The first kappa shape index (κ1) is 16.8. The SMILES string of the molecule is N#Cc1cc(N2CCN(C(=O)CN3CCCC3)CC2)c2ccccc2n1. The lowest BCUT2D eigenvalue weighted by Crippen LogP contribution is -2.51. The van der Waals surface area contributed by atoms with Gasteiger partial charge in [-0.1, -0.05) is 18.2 Å². The van der Waals surface area contributed by atoms with Gasteiger partial charge in [0.1, 0.15) is 11.8 Å². The molecule has 0 atom stereocenters. The van der Waals surface area contributed by atoms with Crippen LogP contribution in [0.25, 0.3) is 10.9 Å². The fourth-order valence-corrected chi connectivity index (χ4v) is 3.90. The highest BCUT2D eigenvalue weighted by molar-refractivity contribution is 5.92. The molecule has 2 aromatic rings. The molecule has 0 spiro atoms. The lowest BCUT2D eigenvalue weighted by Gasteiger charge is -2.37. The molecule has 2 saturated heterocycles. The second-order valence-electron chi connectivity index (χ2n) is 7.01. The predicted molar refractivity (Wildman–Crippen MR) is 101 cm³/mol. The number of benzene rings is 1. The molecular formula is C20H23N5O. The van der Waals surface area contributed by atoms with Crippen molar-refractivity contribution in [3.8, 4) is 6.07 Å². The second-order valence-corrected chi connectivity index (χ2v) is 7.01. The van der Waals surface area contributed by atoms with Crippen LogP contribution in [0.4, 0.5) is 5.69 Å². The van der Waals surface area contributed by atoms with Gasteiger partial charge in [0.05, 0.1) is 12.1 Å². The van der Waals surface area contributed by atoms with Gasteiger partial charge < -0.3 is 9.80 Å².